The lowest BCUT2D eigenvalue weighted by molar-refractivity contribution is -0.330. The summed E-state index contributed by atoms with van der Waals surface area (Å²) in [6, 6.07) is 24.0. The summed E-state index contributed by atoms with van der Waals surface area (Å²) in [6.07, 6.45) is -9.01. The third-order valence-electron chi connectivity index (χ3n) is 12.5. The standard InChI is InChI=1S/C48H55NO14/c1-27-33(61-45(56)40(58-7)38(30-17-11-8-12-18-30)49-43(54)31-19-13-9-14-20-31)23-24-34(62-44(55)32-21-15-10-16-22-32)41-47(6,35(52)25-36-48(41,26-59-36)63-29(3)51)42(53)39(60-28(2)50)37(27)46(4,5)57/h8-22,33-36,38-41,52,57H,23-26H2,1-7H3,(H,49,54)/t33-,34+,35-,36+,38-,39+,40+,41-,47+,48-/m0/s1. The number of esters is 4. The van der Waals surface area contributed by atoms with Crippen LogP contribution >= 0.6 is 0 Å². The average Bonchev–Trinajstić information content (AvgIpc) is 3.24. The lowest BCUT2D eigenvalue weighted by Gasteiger charge is -2.63. The molecule has 0 aromatic heterocycles. The highest BCUT2D eigenvalue weighted by Gasteiger charge is 2.73. The van der Waals surface area contributed by atoms with E-state index in [0.717, 1.165) is 6.92 Å². The van der Waals surface area contributed by atoms with E-state index in [2.05, 4.69) is 5.32 Å². The number of aliphatic hydroxyl groups excluding tert-OH is 1. The van der Waals surface area contributed by atoms with Gasteiger partial charge in [0.05, 0.1) is 41.3 Å². The maximum Gasteiger partial charge on any atom is 0.338 e. The quantitative estimate of drug-likeness (QED) is 0.127. The SMILES string of the molecule is CO[C@@H](C(=O)O[C@H]1CC[C@@H](OC(=O)c2ccccc2)[C@@H]2[C@]3(OC(C)=O)CO[C@@H]3C[C@H](O)[C@@]2(C)C(=O)[C@H](OC(C)=O)C(C(C)(C)O)=C1C)[C@@H](NC(=O)c1ccccc1)c1ccccc1. The number of methoxy groups -OCH3 is 1. The van der Waals surface area contributed by atoms with E-state index < -0.39 is 101 Å². The Hall–Kier alpha value is -5.74. The summed E-state index contributed by atoms with van der Waals surface area (Å²) in [6.45, 7) is 7.74. The van der Waals surface area contributed by atoms with Crippen molar-refractivity contribution in [2.24, 2.45) is 11.3 Å². The van der Waals surface area contributed by atoms with Crippen LogP contribution in [0.1, 0.15) is 93.1 Å². The molecule has 6 rings (SSSR count). The van der Waals surface area contributed by atoms with Crippen LogP contribution in [0.15, 0.2) is 102 Å². The van der Waals surface area contributed by atoms with Crippen LogP contribution < -0.4 is 5.32 Å². The predicted octanol–water partition coefficient (Wildman–Crippen LogP) is 4.78. The van der Waals surface area contributed by atoms with Gasteiger partial charge in [-0.1, -0.05) is 66.7 Å². The van der Waals surface area contributed by atoms with E-state index in [0.29, 0.717) is 11.1 Å². The van der Waals surface area contributed by atoms with Gasteiger partial charge in [0, 0.05) is 38.5 Å². The minimum absolute atomic E-state index is 0.120. The predicted molar refractivity (Wildman–Crippen MR) is 225 cm³/mol. The lowest BCUT2D eigenvalue weighted by atomic mass is 9.51. The molecule has 3 N–H and O–H groups in total. The molecule has 15 nitrogen and oxygen atoms in total. The number of carbonyl (C=O) groups is 6. The monoisotopic (exact) mass is 869 g/mol. The van der Waals surface area contributed by atoms with Crippen molar-refractivity contribution in [3.05, 3.63) is 119 Å². The van der Waals surface area contributed by atoms with Gasteiger partial charge in [0.25, 0.3) is 5.91 Å². The zero-order chi connectivity index (χ0) is 45.9. The van der Waals surface area contributed by atoms with Crippen molar-refractivity contribution in [2.45, 2.75) is 115 Å². The molecule has 15 heteroatoms. The topological polar surface area (TPSA) is 210 Å². The number of hydrogen-bond acceptors (Lipinski definition) is 14. The highest BCUT2D eigenvalue weighted by molar-refractivity contribution is 5.96. The Kier molecular flexibility index (Phi) is 14.1. The van der Waals surface area contributed by atoms with Crippen molar-refractivity contribution in [3.63, 3.8) is 0 Å². The van der Waals surface area contributed by atoms with Gasteiger partial charge in [0.2, 0.25) is 0 Å². The highest BCUT2D eigenvalue weighted by atomic mass is 16.6. The third kappa shape index (κ3) is 9.47. The fraction of sp³-hybridized carbons (Fsp3) is 0.458. The third-order valence-corrected chi connectivity index (χ3v) is 12.5. The number of benzene rings is 3. The number of hydrogen-bond donors (Lipinski definition) is 3. The van der Waals surface area contributed by atoms with Crippen LogP contribution in [0.2, 0.25) is 0 Å². The summed E-state index contributed by atoms with van der Waals surface area (Å²) >= 11 is 0. The number of ether oxygens (including phenoxy) is 6. The van der Waals surface area contributed by atoms with Crippen LogP contribution in [0.3, 0.4) is 0 Å². The number of fused-ring (bicyclic) bond motifs is 3. The van der Waals surface area contributed by atoms with Crippen LogP contribution in [-0.4, -0.2) is 107 Å². The zero-order valence-corrected chi connectivity index (χ0v) is 36.4. The lowest BCUT2D eigenvalue weighted by Crippen LogP contribution is -2.77. The van der Waals surface area contributed by atoms with Crippen molar-refractivity contribution < 1.29 is 67.4 Å². The van der Waals surface area contributed by atoms with Crippen molar-refractivity contribution in [1.82, 2.24) is 5.32 Å². The summed E-state index contributed by atoms with van der Waals surface area (Å²) in [5, 5.41) is 26.9. The summed E-state index contributed by atoms with van der Waals surface area (Å²) < 4.78 is 36.2. The molecule has 1 amide bonds. The summed E-state index contributed by atoms with van der Waals surface area (Å²) in [4.78, 5) is 83.8. The van der Waals surface area contributed by atoms with Crippen LogP contribution in [-0.2, 0) is 47.6 Å². The second kappa shape index (κ2) is 18.9. The molecule has 2 fully saturated rings. The fourth-order valence-corrected chi connectivity index (χ4v) is 9.54. The Bertz CT molecular complexity index is 2210. The first kappa shape index (κ1) is 46.8. The number of amides is 1. The number of aliphatic hydroxyl groups is 2. The van der Waals surface area contributed by atoms with Gasteiger partial charge in [-0.2, -0.15) is 0 Å². The minimum Gasteiger partial charge on any atom is -0.458 e. The van der Waals surface area contributed by atoms with E-state index in [4.69, 9.17) is 28.4 Å². The molecule has 0 bridgehead atoms. The van der Waals surface area contributed by atoms with E-state index in [9.17, 15) is 34.2 Å². The summed E-state index contributed by atoms with van der Waals surface area (Å²) in [5.41, 5.74) is -4.56. The van der Waals surface area contributed by atoms with Gasteiger partial charge in [-0.05, 0) is 75.9 Å². The van der Waals surface area contributed by atoms with Crippen molar-refractivity contribution in [3.8, 4) is 0 Å². The molecule has 3 aromatic rings. The molecule has 3 aliphatic rings. The largest absolute Gasteiger partial charge is 0.458 e. The van der Waals surface area contributed by atoms with Crippen LogP contribution in [0, 0.1) is 11.3 Å². The molecule has 10 atom stereocenters. The van der Waals surface area contributed by atoms with Crippen molar-refractivity contribution in [2.75, 3.05) is 13.7 Å². The molecular formula is C48H55NO14. The molecule has 3 aromatic carbocycles. The Labute approximate surface area is 366 Å². The van der Waals surface area contributed by atoms with E-state index in [1.165, 1.54) is 53.9 Å². The molecule has 0 spiro atoms. The summed E-state index contributed by atoms with van der Waals surface area (Å²) in [7, 11) is 1.28. The normalized spacial score (nSPS) is 28.1. The first-order valence-electron chi connectivity index (χ1n) is 20.9. The minimum atomic E-state index is -1.99. The molecule has 0 radical (unpaired) electrons. The molecule has 1 aliphatic heterocycles. The van der Waals surface area contributed by atoms with Gasteiger partial charge in [-0.25, -0.2) is 9.59 Å². The van der Waals surface area contributed by atoms with Crippen LogP contribution in [0.5, 0.6) is 0 Å². The highest BCUT2D eigenvalue weighted by Crippen LogP contribution is 2.58. The van der Waals surface area contributed by atoms with Gasteiger partial charge in [-0.3, -0.25) is 19.2 Å². The maximum atomic E-state index is 15.6. The van der Waals surface area contributed by atoms with E-state index >= 15 is 4.79 Å². The van der Waals surface area contributed by atoms with Gasteiger partial charge < -0.3 is 44.0 Å². The Balaban J connectivity index is 1.51. The van der Waals surface area contributed by atoms with E-state index in [1.54, 1.807) is 78.9 Å². The smallest absolute Gasteiger partial charge is 0.338 e. The van der Waals surface area contributed by atoms with Crippen molar-refractivity contribution in [1.29, 1.82) is 0 Å². The molecule has 2 aliphatic carbocycles. The first-order chi connectivity index (χ1) is 29.8. The second-order valence-electron chi connectivity index (χ2n) is 17.1. The van der Waals surface area contributed by atoms with E-state index in [-0.39, 0.29) is 42.6 Å². The molecule has 1 saturated heterocycles. The molecule has 63 heavy (non-hydrogen) atoms. The molecule has 1 saturated carbocycles. The van der Waals surface area contributed by atoms with E-state index in [1.807, 2.05) is 0 Å². The van der Waals surface area contributed by atoms with Gasteiger partial charge in [0.15, 0.2) is 23.6 Å². The van der Waals surface area contributed by atoms with Gasteiger partial charge >= 0.3 is 23.9 Å². The Morgan fingerprint density at radius 3 is 1.95 bits per heavy atom. The Morgan fingerprint density at radius 1 is 0.841 bits per heavy atom. The molecule has 1 heterocycles. The fourth-order valence-electron chi connectivity index (χ4n) is 9.54. The van der Waals surface area contributed by atoms with Gasteiger partial charge in [-0.15, -0.1) is 0 Å². The first-order valence-corrected chi connectivity index (χ1v) is 20.9. The molecule has 0 unspecified atom stereocenters. The zero-order valence-electron chi connectivity index (χ0n) is 36.4. The molecular weight excluding hydrogens is 815 g/mol. The number of rotatable bonds is 12. The van der Waals surface area contributed by atoms with Crippen LogP contribution in [0.25, 0.3) is 0 Å². The second-order valence-corrected chi connectivity index (χ2v) is 17.1. The number of nitrogens with one attached hydrogen (secondary N) is 1. The average molecular weight is 870 g/mol. The van der Waals surface area contributed by atoms with Gasteiger partial charge in [0.1, 0.15) is 18.3 Å². The number of ketones is 1. The maximum absolute atomic E-state index is 15.6. The summed E-state index contributed by atoms with van der Waals surface area (Å²) in [5.74, 6) is -6.11. The number of Topliss-reactive ketones (excluding diaryl/α,β-unsaturated/α-hetero) is 1. The Morgan fingerprint density at radius 2 is 1.43 bits per heavy atom. The van der Waals surface area contributed by atoms with Crippen molar-refractivity contribution >= 4 is 35.6 Å². The van der Waals surface area contributed by atoms with Crippen LogP contribution in [0.4, 0.5) is 0 Å². The number of carbonyl (C=O) groups excluding carboxylic acids is 6. The molecule has 336 valence electrons.